The number of fused-ring (bicyclic) bond motifs is 1. The third-order valence-corrected chi connectivity index (χ3v) is 3.74. The van der Waals surface area contributed by atoms with Crippen LogP contribution >= 0.6 is 0 Å². The maximum atomic E-state index is 5.41. The van der Waals surface area contributed by atoms with Gasteiger partial charge in [0.15, 0.2) is 11.5 Å². The van der Waals surface area contributed by atoms with E-state index >= 15 is 0 Å². The van der Waals surface area contributed by atoms with Crippen LogP contribution in [0.4, 0.5) is 11.9 Å². The van der Waals surface area contributed by atoms with E-state index in [9.17, 15) is 0 Å². The molecular formula is C15H21N5O2. The second-order valence-electron chi connectivity index (χ2n) is 5.61. The molecule has 0 N–H and O–H groups in total. The molecule has 3 rings (SSSR count). The highest BCUT2D eigenvalue weighted by atomic mass is 16.7. The number of hydrogen-bond donors (Lipinski definition) is 0. The highest BCUT2D eigenvalue weighted by molar-refractivity contribution is 5.45. The molecule has 118 valence electrons. The van der Waals surface area contributed by atoms with Gasteiger partial charge in [0.2, 0.25) is 18.7 Å². The first kappa shape index (κ1) is 14.5. The molecule has 1 aliphatic heterocycles. The van der Waals surface area contributed by atoms with Gasteiger partial charge in [-0.3, -0.25) is 4.57 Å². The zero-order valence-electron chi connectivity index (χ0n) is 13.4. The molecule has 1 aromatic heterocycles. The van der Waals surface area contributed by atoms with Gasteiger partial charge < -0.3 is 19.3 Å². The van der Waals surface area contributed by atoms with Gasteiger partial charge in [0.1, 0.15) is 0 Å². The van der Waals surface area contributed by atoms with Gasteiger partial charge in [-0.15, -0.1) is 10.2 Å². The van der Waals surface area contributed by atoms with E-state index in [4.69, 9.17) is 9.47 Å². The van der Waals surface area contributed by atoms with Crippen LogP contribution in [0.15, 0.2) is 18.2 Å². The minimum atomic E-state index is 0.310. The molecule has 0 amide bonds. The molecule has 22 heavy (non-hydrogen) atoms. The number of rotatable bonds is 5. The zero-order valence-corrected chi connectivity index (χ0v) is 13.4. The number of hydrogen-bond acceptors (Lipinski definition) is 6. The molecule has 0 unspecified atom stereocenters. The Morgan fingerprint density at radius 2 is 1.82 bits per heavy atom. The van der Waals surface area contributed by atoms with Crippen molar-refractivity contribution in [2.45, 2.75) is 6.42 Å². The molecular weight excluding hydrogens is 282 g/mol. The normalized spacial score (nSPS) is 12.5. The highest BCUT2D eigenvalue weighted by Gasteiger charge is 2.15. The van der Waals surface area contributed by atoms with Crippen molar-refractivity contribution in [2.75, 3.05) is 44.3 Å². The predicted molar refractivity (Wildman–Crippen MR) is 84.9 cm³/mol. The lowest BCUT2D eigenvalue weighted by atomic mass is 10.1. The summed E-state index contributed by atoms with van der Waals surface area (Å²) in [5.41, 5.74) is 1.21. The average molecular weight is 303 g/mol. The van der Waals surface area contributed by atoms with E-state index in [0.29, 0.717) is 6.79 Å². The zero-order chi connectivity index (χ0) is 15.7. The maximum Gasteiger partial charge on any atom is 0.231 e. The van der Waals surface area contributed by atoms with Crippen LogP contribution in [0.5, 0.6) is 11.5 Å². The van der Waals surface area contributed by atoms with Crippen LogP contribution in [-0.4, -0.2) is 49.2 Å². The Morgan fingerprint density at radius 3 is 2.55 bits per heavy atom. The van der Waals surface area contributed by atoms with Gasteiger partial charge >= 0.3 is 0 Å². The fraction of sp³-hybridized carbons (Fsp3) is 0.467. The Morgan fingerprint density at radius 1 is 1.09 bits per heavy atom. The standard InChI is InChI=1S/C15H21N5O2/c1-18(2)14-16-17-15(20(14)4)19(3)8-7-11-5-6-12-13(9-11)22-10-21-12/h5-6,9H,7-8,10H2,1-4H3. The molecule has 0 fully saturated rings. The summed E-state index contributed by atoms with van der Waals surface area (Å²) < 4.78 is 12.7. The van der Waals surface area contributed by atoms with E-state index < -0.39 is 0 Å². The Kier molecular flexibility index (Phi) is 3.79. The Bertz CT molecular complexity index is 668. The van der Waals surface area contributed by atoms with Crippen molar-refractivity contribution < 1.29 is 9.47 Å². The summed E-state index contributed by atoms with van der Waals surface area (Å²) in [6.45, 7) is 1.16. The third kappa shape index (κ3) is 2.66. The van der Waals surface area contributed by atoms with E-state index in [1.807, 2.05) is 49.8 Å². The number of anilines is 2. The lowest BCUT2D eigenvalue weighted by Crippen LogP contribution is -2.24. The molecule has 1 aromatic carbocycles. The van der Waals surface area contributed by atoms with Gasteiger partial charge in [0.05, 0.1) is 0 Å². The Balaban J connectivity index is 1.66. The molecule has 7 nitrogen and oxygen atoms in total. The number of likely N-dealkylation sites (N-methyl/N-ethyl adjacent to an activating group) is 1. The van der Waals surface area contributed by atoms with E-state index in [1.165, 1.54) is 5.56 Å². The van der Waals surface area contributed by atoms with Gasteiger partial charge in [-0.05, 0) is 24.1 Å². The SMILES string of the molecule is CN(C)c1nnc(N(C)CCc2ccc3c(c2)OCO3)n1C. The van der Waals surface area contributed by atoms with Gasteiger partial charge in [-0.25, -0.2) is 0 Å². The second kappa shape index (κ2) is 5.75. The minimum Gasteiger partial charge on any atom is -0.454 e. The van der Waals surface area contributed by atoms with Crippen LogP contribution in [0.3, 0.4) is 0 Å². The van der Waals surface area contributed by atoms with Crippen molar-refractivity contribution in [1.29, 1.82) is 0 Å². The fourth-order valence-electron chi connectivity index (χ4n) is 2.53. The van der Waals surface area contributed by atoms with Crippen molar-refractivity contribution in [3.05, 3.63) is 23.8 Å². The van der Waals surface area contributed by atoms with Crippen molar-refractivity contribution in [3.8, 4) is 11.5 Å². The van der Waals surface area contributed by atoms with Crippen LogP contribution in [0, 0.1) is 0 Å². The first-order valence-corrected chi connectivity index (χ1v) is 7.22. The summed E-state index contributed by atoms with van der Waals surface area (Å²) in [7, 11) is 7.92. The molecule has 0 radical (unpaired) electrons. The molecule has 0 saturated carbocycles. The topological polar surface area (TPSA) is 55.7 Å². The smallest absolute Gasteiger partial charge is 0.231 e. The molecule has 1 aliphatic rings. The van der Waals surface area contributed by atoms with Crippen LogP contribution in [0.25, 0.3) is 0 Å². The summed E-state index contributed by atoms with van der Waals surface area (Å²) in [6, 6.07) is 6.07. The molecule has 2 heterocycles. The first-order valence-electron chi connectivity index (χ1n) is 7.22. The second-order valence-corrected chi connectivity index (χ2v) is 5.61. The maximum absolute atomic E-state index is 5.41. The van der Waals surface area contributed by atoms with E-state index in [2.05, 4.69) is 21.2 Å². The number of benzene rings is 1. The van der Waals surface area contributed by atoms with E-state index in [0.717, 1.165) is 36.4 Å². The summed E-state index contributed by atoms with van der Waals surface area (Å²) in [4.78, 5) is 4.05. The Labute approximate surface area is 130 Å². The molecule has 0 atom stereocenters. The average Bonchev–Trinajstić information content (AvgIpc) is 3.10. The molecule has 2 aromatic rings. The first-order chi connectivity index (χ1) is 10.6. The third-order valence-electron chi connectivity index (χ3n) is 3.74. The molecule has 0 bridgehead atoms. The van der Waals surface area contributed by atoms with Crippen molar-refractivity contribution >= 4 is 11.9 Å². The van der Waals surface area contributed by atoms with Gasteiger partial charge in [-0.2, -0.15) is 0 Å². The number of nitrogens with zero attached hydrogens (tertiary/aromatic N) is 5. The van der Waals surface area contributed by atoms with E-state index in [1.54, 1.807) is 0 Å². The number of aromatic nitrogens is 3. The Hall–Kier alpha value is -2.44. The van der Waals surface area contributed by atoms with Crippen molar-refractivity contribution in [3.63, 3.8) is 0 Å². The lowest BCUT2D eigenvalue weighted by Gasteiger charge is -2.19. The van der Waals surface area contributed by atoms with Crippen LogP contribution < -0.4 is 19.3 Å². The molecule has 7 heteroatoms. The summed E-state index contributed by atoms with van der Waals surface area (Å²) in [6.07, 6.45) is 0.900. The molecule has 0 saturated heterocycles. The summed E-state index contributed by atoms with van der Waals surface area (Å²) >= 11 is 0. The minimum absolute atomic E-state index is 0.310. The van der Waals surface area contributed by atoms with Crippen molar-refractivity contribution in [2.24, 2.45) is 7.05 Å². The quantitative estimate of drug-likeness (QED) is 0.829. The summed E-state index contributed by atoms with van der Waals surface area (Å²) in [5.74, 6) is 3.34. The molecule has 0 aliphatic carbocycles. The predicted octanol–water partition coefficient (Wildman–Crippen LogP) is 1.29. The van der Waals surface area contributed by atoms with Crippen LogP contribution in [-0.2, 0) is 13.5 Å². The van der Waals surface area contributed by atoms with Gasteiger partial charge in [0.25, 0.3) is 0 Å². The summed E-state index contributed by atoms with van der Waals surface area (Å²) in [5, 5.41) is 8.46. The van der Waals surface area contributed by atoms with Gasteiger partial charge in [0, 0.05) is 34.7 Å². The lowest BCUT2D eigenvalue weighted by molar-refractivity contribution is 0.174. The van der Waals surface area contributed by atoms with Crippen LogP contribution in [0.1, 0.15) is 5.56 Å². The highest BCUT2D eigenvalue weighted by Crippen LogP contribution is 2.32. The van der Waals surface area contributed by atoms with Crippen LogP contribution in [0.2, 0.25) is 0 Å². The number of ether oxygens (including phenoxy) is 2. The monoisotopic (exact) mass is 303 g/mol. The fourth-order valence-corrected chi connectivity index (χ4v) is 2.53. The van der Waals surface area contributed by atoms with Gasteiger partial charge in [-0.1, -0.05) is 6.07 Å². The van der Waals surface area contributed by atoms with Crippen molar-refractivity contribution in [1.82, 2.24) is 14.8 Å². The largest absolute Gasteiger partial charge is 0.454 e. The molecule has 0 spiro atoms. The van der Waals surface area contributed by atoms with E-state index in [-0.39, 0.29) is 0 Å².